The number of hydrogen-bond donors (Lipinski definition) is 3. The van der Waals surface area contributed by atoms with Crippen LogP contribution in [0, 0.1) is 13.8 Å². The van der Waals surface area contributed by atoms with E-state index >= 15 is 4.39 Å². The topological polar surface area (TPSA) is 127 Å². The third-order valence-electron chi connectivity index (χ3n) is 7.49. The second-order valence-electron chi connectivity index (χ2n) is 10.4. The molecule has 2 aliphatic rings. The molecule has 4 aromatic rings. The predicted molar refractivity (Wildman–Crippen MR) is 134 cm³/mol. The first-order valence-corrected chi connectivity index (χ1v) is 12.5. The molecule has 0 spiro atoms. The molecule has 194 valence electrons. The summed E-state index contributed by atoms with van der Waals surface area (Å²) < 4.78 is 24.3. The fourth-order valence-corrected chi connectivity index (χ4v) is 5.16. The van der Waals surface area contributed by atoms with E-state index in [-0.39, 0.29) is 5.54 Å². The van der Waals surface area contributed by atoms with Crippen LogP contribution in [0.5, 0.6) is 0 Å². The van der Waals surface area contributed by atoms with Crippen LogP contribution in [0.25, 0.3) is 16.9 Å². The normalized spacial score (nSPS) is 22.4. The van der Waals surface area contributed by atoms with Gasteiger partial charge in [0.05, 0.1) is 23.1 Å². The number of halogens is 1. The Morgan fingerprint density at radius 1 is 1.30 bits per heavy atom. The number of aryl methyl sites for hydroxylation is 3. The molecule has 0 unspecified atom stereocenters. The number of nitrogens with one attached hydrogen (secondary N) is 3. The van der Waals surface area contributed by atoms with Gasteiger partial charge in [0, 0.05) is 42.7 Å². The number of carbonyl (C=O) groups excluding carboxylic acids is 1. The van der Waals surface area contributed by atoms with E-state index < -0.39 is 24.3 Å². The molecular formula is C25H30FN9O2. The van der Waals surface area contributed by atoms with Crippen LogP contribution in [-0.2, 0) is 11.8 Å². The van der Waals surface area contributed by atoms with Crippen molar-refractivity contribution in [2.24, 2.45) is 7.05 Å². The van der Waals surface area contributed by atoms with E-state index in [4.69, 9.17) is 9.72 Å². The van der Waals surface area contributed by atoms with E-state index in [9.17, 15) is 4.79 Å². The van der Waals surface area contributed by atoms with Crippen LogP contribution in [0.1, 0.15) is 55.5 Å². The molecule has 4 aromatic heterocycles. The lowest BCUT2D eigenvalue weighted by molar-refractivity contribution is 0.0546. The predicted octanol–water partition coefficient (Wildman–Crippen LogP) is 4.08. The van der Waals surface area contributed by atoms with E-state index in [0.29, 0.717) is 30.3 Å². The molecule has 2 fully saturated rings. The van der Waals surface area contributed by atoms with Crippen molar-refractivity contribution in [2.75, 3.05) is 5.32 Å². The number of imidazole rings is 1. The van der Waals surface area contributed by atoms with Gasteiger partial charge in [0.25, 0.3) is 0 Å². The summed E-state index contributed by atoms with van der Waals surface area (Å²) in [4.78, 5) is 21.5. The SMILES string of the molecule is Cc1cnn(C)c1-c1c(C)nc(Nc2cc([C@H]3CC[C@@H](OC(=O)NC4(C)CC4)[C@@H]3F)[nH]n2)n2ccnc12. The number of anilines is 2. The summed E-state index contributed by atoms with van der Waals surface area (Å²) in [6.45, 7) is 5.90. The lowest BCUT2D eigenvalue weighted by Crippen LogP contribution is -2.38. The highest BCUT2D eigenvalue weighted by molar-refractivity contribution is 5.80. The maximum atomic E-state index is 15.2. The van der Waals surface area contributed by atoms with E-state index in [2.05, 4.69) is 30.9 Å². The molecule has 0 aliphatic heterocycles. The highest BCUT2D eigenvalue weighted by atomic mass is 19.1. The summed E-state index contributed by atoms with van der Waals surface area (Å²) in [6.07, 6.45) is 5.60. The Hall–Kier alpha value is -3.96. The first-order chi connectivity index (χ1) is 17.7. The highest BCUT2D eigenvalue weighted by Crippen LogP contribution is 2.40. The minimum Gasteiger partial charge on any atom is -0.443 e. The first kappa shape index (κ1) is 23.4. The number of aromatic amines is 1. The van der Waals surface area contributed by atoms with Crippen LogP contribution >= 0.6 is 0 Å². The molecule has 11 nitrogen and oxygen atoms in total. The van der Waals surface area contributed by atoms with Gasteiger partial charge in [0.2, 0.25) is 5.95 Å². The minimum absolute atomic E-state index is 0.202. The minimum atomic E-state index is -1.31. The van der Waals surface area contributed by atoms with E-state index in [0.717, 1.165) is 41.0 Å². The number of ether oxygens (including phenoxy) is 1. The number of amides is 1. The fraction of sp³-hybridized carbons (Fsp3) is 0.480. The largest absolute Gasteiger partial charge is 0.443 e. The van der Waals surface area contributed by atoms with Crippen LogP contribution in [0.4, 0.5) is 21.0 Å². The van der Waals surface area contributed by atoms with Crippen LogP contribution in [0.15, 0.2) is 24.7 Å². The van der Waals surface area contributed by atoms with Crippen molar-refractivity contribution >= 4 is 23.5 Å². The average Bonchev–Trinajstić information content (AvgIpc) is 3.31. The molecule has 6 rings (SSSR count). The van der Waals surface area contributed by atoms with Crippen molar-refractivity contribution in [1.82, 2.24) is 39.7 Å². The van der Waals surface area contributed by atoms with E-state index in [1.165, 1.54) is 0 Å². The third-order valence-corrected chi connectivity index (χ3v) is 7.49. The summed E-state index contributed by atoms with van der Waals surface area (Å²) in [6, 6.07) is 1.78. The van der Waals surface area contributed by atoms with E-state index in [1.54, 1.807) is 12.3 Å². The Morgan fingerprint density at radius 3 is 2.84 bits per heavy atom. The zero-order valence-electron chi connectivity index (χ0n) is 21.2. The van der Waals surface area contributed by atoms with Crippen molar-refractivity contribution in [3.63, 3.8) is 0 Å². The molecule has 0 saturated heterocycles. The Bertz CT molecular complexity index is 1470. The molecule has 2 aliphatic carbocycles. The highest BCUT2D eigenvalue weighted by Gasteiger charge is 2.43. The van der Waals surface area contributed by atoms with Gasteiger partial charge in [0.1, 0.15) is 12.3 Å². The first-order valence-electron chi connectivity index (χ1n) is 12.5. The second-order valence-corrected chi connectivity index (χ2v) is 10.4. The summed E-state index contributed by atoms with van der Waals surface area (Å²) in [7, 11) is 1.90. The molecule has 37 heavy (non-hydrogen) atoms. The van der Waals surface area contributed by atoms with Crippen molar-refractivity contribution in [3.05, 3.63) is 41.6 Å². The zero-order chi connectivity index (χ0) is 25.9. The lowest BCUT2D eigenvalue weighted by atomic mass is 10.0. The van der Waals surface area contributed by atoms with Gasteiger partial charge in [-0.1, -0.05) is 0 Å². The maximum Gasteiger partial charge on any atom is 0.407 e. The summed E-state index contributed by atoms with van der Waals surface area (Å²) in [5, 5.41) is 17.7. The number of H-pyrrole nitrogens is 1. The Labute approximate surface area is 212 Å². The van der Waals surface area contributed by atoms with E-state index in [1.807, 2.05) is 49.3 Å². The number of carbonyl (C=O) groups is 1. The van der Waals surface area contributed by atoms with Crippen molar-refractivity contribution in [1.29, 1.82) is 0 Å². The summed E-state index contributed by atoms with van der Waals surface area (Å²) in [5.41, 5.74) is 4.89. The fourth-order valence-electron chi connectivity index (χ4n) is 5.16. The molecule has 3 atom stereocenters. The number of rotatable bonds is 6. The van der Waals surface area contributed by atoms with Crippen LogP contribution < -0.4 is 10.6 Å². The summed E-state index contributed by atoms with van der Waals surface area (Å²) in [5.74, 6) is 0.620. The van der Waals surface area contributed by atoms with Crippen molar-refractivity contribution in [3.8, 4) is 11.3 Å². The number of nitrogens with zero attached hydrogens (tertiary/aromatic N) is 6. The van der Waals surface area contributed by atoms with Gasteiger partial charge in [-0.3, -0.25) is 14.2 Å². The third kappa shape index (κ3) is 4.19. The molecular weight excluding hydrogens is 477 g/mol. The monoisotopic (exact) mass is 507 g/mol. The molecule has 4 heterocycles. The van der Waals surface area contributed by atoms with Gasteiger partial charge in [0.15, 0.2) is 11.5 Å². The molecule has 0 aromatic carbocycles. The Balaban J connectivity index is 1.20. The van der Waals surface area contributed by atoms with Gasteiger partial charge in [-0.2, -0.15) is 10.2 Å². The number of hydrogen-bond acceptors (Lipinski definition) is 7. The Morgan fingerprint density at radius 2 is 2.11 bits per heavy atom. The average molecular weight is 508 g/mol. The zero-order valence-corrected chi connectivity index (χ0v) is 21.2. The molecule has 0 radical (unpaired) electrons. The molecule has 1 amide bonds. The van der Waals surface area contributed by atoms with Gasteiger partial charge >= 0.3 is 6.09 Å². The standard InChI is InChI=1S/C25H30FN9O2/c1-13-12-28-34(4)21(13)19-14(2)29-23(35-10-9-27-22(19)35)30-18-11-16(32-33-18)15-5-6-17(20(15)26)37-24(36)31-25(3)7-8-25/h9-12,15,17,20H,5-8H2,1-4H3,(H,31,36)(H2,29,30,32,33)/t15-,17-,20-/m1/s1. The summed E-state index contributed by atoms with van der Waals surface area (Å²) >= 11 is 0. The van der Waals surface area contributed by atoms with Crippen molar-refractivity contribution < 1.29 is 13.9 Å². The quantitative estimate of drug-likeness (QED) is 0.359. The smallest absolute Gasteiger partial charge is 0.407 e. The number of aromatic nitrogens is 7. The maximum absolute atomic E-state index is 15.2. The van der Waals surface area contributed by atoms with Gasteiger partial charge in [-0.05, 0) is 52.0 Å². The van der Waals surface area contributed by atoms with Crippen LogP contribution in [-0.4, -0.2) is 58.3 Å². The van der Waals surface area contributed by atoms with Gasteiger partial charge in [-0.25, -0.2) is 19.2 Å². The molecule has 2 saturated carbocycles. The lowest BCUT2D eigenvalue weighted by Gasteiger charge is -2.19. The van der Waals surface area contributed by atoms with Gasteiger partial charge < -0.3 is 15.4 Å². The second kappa shape index (κ2) is 8.56. The number of alkyl carbamates (subject to hydrolysis) is 1. The number of alkyl halides is 1. The van der Waals surface area contributed by atoms with Crippen LogP contribution in [0.2, 0.25) is 0 Å². The van der Waals surface area contributed by atoms with Gasteiger partial charge in [-0.15, -0.1) is 0 Å². The van der Waals surface area contributed by atoms with Crippen molar-refractivity contribution in [2.45, 2.75) is 70.2 Å². The molecule has 3 N–H and O–H groups in total. The van der Waals surface area contributed by atoms with Crippen LogP contribution in [0.3, 0.4) is 0 Å². The molecule has 0 bridgehead atoms. The number of fused-ring (bicyclic) bond motifs is 1. The molecule has 12 heteroatoms. The Kier molecular flexibility index (Phi) is 5.42.